The lowest BCUT2D eigenvalue weighted by molar-refractivity contribution is -0.125. The molecule has 0 bridgehead atoms. The van der Waals surface area contributed by atoms with Crippen molar-refractivity contribution in [3.8, 4) is 5.82 Å². The fourth-order valence-electron chi connectivity index (χ4n) is 3.30. The lowest BCUT2D eigenvalue weighted by Gasteiger charge is -2.32. The molecule has 3 heterocycles. The molecule has 2 aromatic heterocycles. The number of amides is 1. The first-order chi connectivity index (χ1) is 13.7. The minimum absolute atomic E-state index is 0.0533. The molecule has 1 aliphatic heterocycles. The van der Waals surface area contributed by atoms with Crippen LogP contribution in [0, 0.1) is 9.49 Å². The third-order valence-corrected chi connectivity index (χ3v) is 5.51. The first-order valence-corrected chi connectivity index (χ1v) is 10.2. The Morgan fingerprint density at radius 1 is 1.18 bits per heavy atom. The number of aromatic nitrogens is 5. The van der Waals surface area contributed by atoms with Crippen LogP contribution < -0.4 is 10.2 Å². The van der Waals surface area contributed by atoms with Crippen molar-refractivity contribution in [2.75, 3.05) is 18.0 Å². The second-order valence-corrected chi connectivity index (χ2v) is 7.95. The quantitative estimate of drug-likeness (QED) is 0.553. The first-order valence-electron chi connectivity index (χ1n) is 9.13. The van der Waals surface area contributed by atoms with Gasteiger partial charge < -0.3 is 10.2 Å². The number of carbonyl (C=O) groups excluding carboxylic acids is 1. The van der Waals surface area contributed by atoms with E-state index in [1.807, 2.05) is 30.3 Å². The van der Waals surface area contributed by atoms with E-state index in [9.17, 15) is 4.79 Å². The molecule has 0 radical (unpaired) electrons. The molecule has 1 aliphatic rings. The van der Waals surface area contributed by atoms with E-state index in [1.165, 1.54) is 16.2 Å². The molecule has 1 aromatic carbocycles. The number of piperidine rings is 1. The van der Waals surface area contributed by atoms with Gasteiger partial charge in [-0.2, -0.15) is 5.10 Å². The molecule has 8 nitrogen and oxygen atoms in total. The zero-order valence-corrected chi connectivity index (χ0v) is 17.4. The van der Waals surface area contributed by atoms with Gasteiger partial charge in [0.05, 0.1) is 5.92 Å². The smallest absolute Gasteiger partial charge is 0.225 e. The van der Waals surface area contributed by atoms with Crippen molar-refractivity contribution in [3.05, 3.63) is 58.4 Å². The van der Waals surface area contributed by atoms with Crippen LogP contribution in [0.1, 0.15) is 18.4 Å². The highest BCUT2D eigenvalue weighted by Crippen LogP contribution is 2.22. The minimum atomic E-state index is -0.0533. The van der Waals surface area contributed by atoms with Gasteiger partial charge in [0.25, 0.3) is 0 Å². The van der Waals surface area contributed by atoms with Crippen molar-refractivity contribution >= 4 is 34.3 Å². The predicted octanol–water partition coefficient (Wildman–Crippen LogP) is 2.19. The molecule has 144 valence electrons. The van der Waals surface area contributed by atoms with Gasteiger partial charge in [-0.15, -0.1) is 0 Å². The Balaban J connectivity index is 1.39. The van der Waals surface area contributed by atoms with Gasteiger partial charge in [0, 0.05) is 29.3 Å². The van der Waals surface area contributed by atoms with Crippen molar-refractivity contribution in [1.29, 1.82) is 0 Å². The van der Waals surface area contributed by atoms with Gasteiger partial charge in [-0.1, -0.05) is 12.1 Å². The number of nitrogens with zero attached hydrogens (tertiary/aromatic N) is 6. The van der Waals surface area contributed by atoms with Gasteiger partial charge in [0.2, 0.25) is 5.91 Å². The molecule has 9 heteroatoms. The summed E-state index contributed by atoms with van der Waals surface area (Å²) < 4.78 is 2.78. The maximum Gasteiger partial charge on any atom is 0.225 e. The van der Waals surface area contributed by atoms with Gasteiger partial charge in [-0.05, 0) is 53.1 Å². The Labute approximate surface area is 176 Å². The number of hydrogen-bond donors (Lipinski definition) is 1. The Morgan fingerprint density at radius 3 is 2.79 bits per heavy atom. The van der Waals surface area contributed by atoms with Crippen LogP contribution in [0.2, 0.25) is 0 Å². The van der Waals surface area contributed by atoms with Crippen LogP contribution in [-0.4, -0.2) is 43.7 Å². The monoisotopic (exact) mass is 489 g/mol. The number of rotatable bonds is 5. The van der Waals surface area contributed by atoms with Crippen molar-refractivity contribution in [1.82, 2.24) is 30.0 Å². The molecule has 1 fully saturated rings. The summed E-state index contributed by atoms with van der Waals surface area (Å²) in [6.45, 7) is 2.07. The van der Waals surface area contributed by atoms with Crippen LogP contribution >= 0.6 is 22.6 Å². The number of hydrogen-bond acceptors (Lipinski definition) is 6. The SMILES string of the molecule is O=C(NCc1ccc(I)cc1)C1CCCN(c2cc(-n3cncn3)ncn2)C1. The molecule has 1 saturated heterocycles. The number of benzene rings is 1. The highest BCUT2D eigenvalue weighted by molar-refractivity contribution is 14.1. The number of anilines is 1. The molecule has 3 aromatic rings. The summed E-state index contributed by atoms with van der Waals surface area (Å²) in [5, 5.41) is 7.18. The second-order valence-electron chi connectivity index (χ2n) is 6.70. The number of carbonyl (C=O) groups is 1. The van der Waals surface area contributed by atoms with Gasteiger partial charge in [-0.3, -0.25) is 4.79 Å². The van der Waals surface area contributed by atoms with E-state index < -0.39 is 0 Å². The molecule has 0 saturated carbocycles. The van der Waals surface area contributed by atoms with E-state index in [1.54, 1.807) is 11.0 Å². The summed E-state index contributed by atoms with van der Waals surface area (Å²) in [6, 6.07) is 10.1. The van der Waals surface area contributed by atoms with Crippen LogP contribution in [0.5, 0.6) is 0 Å². The van der Waals surface area contributed by atoms with Gasteiger partial charge in [-0.25, -0.2) is 19.6 Å². The van der Waals surface area contributed by atoms with E-state index in [4.69, 9.17) is 0 Å². The van der Waals surface area contributed by atoms with Crippen molar-refractivity contribution in [2.45, 2.75) is 19.4 Å². The predicted molar refractivity (Wildman–Crippen MR) is 113 cm³/mol. The summed E-state index contributed by atoms with van der Waals surface area (Å²) >= 11 is 2.27. The van der Waals surface area contributed by atoms with E-state index in [2.05, 4.69) is 52.9 Å². The molecule has 0 aliphatic carbocycles. The van der Waals surface area contributed by atoms with E-state index >= 15 is 0 Å². The normalized spacial score (nSPS) is 16.8. The summed E-state index contributed by atoms with van der Waals surface area (Å²) in [5.41, 5.74) is 1.11. The van der Waals surface area contributed by atoms with Crippen LogP contribution in [0.25, 0.3) is 5.82 Å². The van der Waals surface area contributed by atoms with Gasteiger partial charge in [0.1, 0.15) is 24.8 Å². The molecule has 28 heavy (non-hydrogen) atoms. The average Bonchev–Trinajstić information content (AvgIpc) is 3.28. The van der Waals surface area contributed by atoms with Crippen LogP contribution in [0.15, 0.2) is 49.3 Å². The Bertz CT molecular complexity index is 930. The summed E-state index contributed by atoms with van der Waals surface area (Å²) in [5.74, 6) is 1.50. The highest BCUT2D eigenvalue weighted by atomic mass is 127. The number of nitrogens with one attached hydrogen (secondary N) is 1. The largest absolute Gasteiger partial charge is 0.356 e. The van der Waals surface area contributed by atoms with E-state index in [0.29, 0.717) is 18.9 Å². The highest BCUT2D eigenvalue weighted by Gasteiger charge is 2.26. The van der Waals surface area contributed by atoms with Crippen LogP contribution in [0.3, 0.4) is 0 Å². The van der Waals surface area contributed by atoms with Crippen LogP contribution in [-0.2, 0) is 11.3 Å². The van der Waals surface area contributed by atoms with Crippen molar-refractivity contribution in [3.63, 3.8) is 0 Å². The summed E-state index contributed by atoms with van der Waals surface area (Å²) in [7, 11) is 0. The minimum Gasteiger partial charge on any atom is -0.356 e. The fraction of sp³-hybridized carbons (Fsp3) is 0.316. The van der Waals surface area contributed by atoms with Gasteiger partial charge >= 0.3 is 0 Å². The van der Waals surface area contributed by atoms with Crippen molar-refractivity contribution in [2.24, 2.45) is 5.92 Å². The molecule has 4 rings (SSSR count). The first kappa shape index (κ1) is 18.8. The van der Waals surface area contributed by atoms with Gasteiger partial charge in [0.15, 0.2) is 5.82 Å². The molecule has 1 unspecified atom stereocenters. The molecule has 1 atom stereocenters. The maximum absolute atomic E-state index is 12.7. The lowest BCUT2D eigenvalue weighted by atomic mass is 9.97. The molecule has 1 N–H and O–H groups in total. The summed E-state index contributed by atoms with van der Waals surface area (Å²) in [4.78, 5) is 27.4. The maximum atomic E-state index is 12.7. The standard InChI is InChI=1S/C19H20IN7O/c20-16-5-3-14(4-6-16)9-22-19(28)15-2-1-7-26(10-15)17-8-18(24-12-23-17)27-13-21-11-25-27/h3-6,8,11-13,15H,1-2,7,9-10H2,(H,22,28). The molecular weight excluding hydrogens is 469 g/mol. The van der Waals surface area contributed by atoms with E-state index in [0.717, 1.165) is 30.8 Å². The Hall–Kier alpha value is -2.56. The Kier molecular flexibility index (Phi) is 5.79. The lowest BCUT2D eigenvalue weighted by Crippen LogP contribution is -2.43. The zero-order valence-electron chi connectivity index (χ0n) is 15.2. The molecule has 0 spiro atoms. The third-order valence-electron chi connectivity index (χ3n) is 4.79. The third kappa shape index (κ3) is 4.46. The summed E-state index contributed by atoms with van der Waals surface area (Å²) in [6.07, 6.45) is 6.42. The van der Waals surface area contributed by atoms with E-state index in [-0.39, 0.29) is 11.8 Å². The second kappa shape index (κ2) is 8.63. The van der Waals surface area contributed by atoms with Crippen molar-refractivity contribution < 1.29 is 4.79 Å². The number of halogens is 1. The average molecular weight is 489 g/mol. The fourth-order valence-corrected chi connectivity index (χ4v) is 3.66. The molecular formula is C19H20IN7O. The Morgan fingerprint density at radius 2 is 2.00 bits per heavy atom. The molecule has 1 amide bonds. The topological polar surface area (TPSA) is 88.8 Å². The zero-order chi connectivity index (χ0) is 19.3. The van der Waals surface area contributed by atoms with Crippen LogP contribution in [0.4, 0.5) is 5.82 Å².